The first kappa shape index (κ1) is 19.0. The fourth-order valence-corrected chi connectivity index (χ4v) is 3.60. The van der Waals surface area contributed by atoms with E-state index in [-0.39, 0.29) is 18.1 Å². The van der Waals surface area contributed by atoms with Crippen molar-refractivity contribution in [1.29, 1.82) is 0 Å². The molecule has 1 N–H and O–H groups in total. The second-order valence-electron chi connectivity index (χ2n) is 7.27. The van der Waals surface area contributed by atoms with Crippen molar-refractivity contribution in [3.8, 4) is 11.5 Å². The first-order chi connectivity index (χ1) is 14.0. The quantitative estimate of drug-likeness (QED) is 0.477. The zero-order valence-electron chi connectivity index (χ0n) is 16.3. The first-order valence-electron chi connectivity index (χ1n) is 9.35. The van der Waals surface area contributed by atoms with Gasteiger partial charge in [0.2, 0.25) is 6.79 Å². The van der Waals surface area contributed by atoms with E-state index >= 15 is 0 Å². The van der Waals surface area contributed by atoms with Gasteiger partial charge in [0.05, 0.1) is 11.6 Å². The van der Waals surface area contributed by atoms with Crippen molar-refractivity contribution in [2.75, 3.05) is 34.0 Å². The number of rotatable bonds is 5. The third kappa shape index (κ3) is 3.45. The van der Waals surface area contributed by atoms with E-state index in [2.05, 4.69) is 0 Å². The maximum atomic E-state index is 12.9. The number of aliphatic hydroxyl groups is 1. The fraction of sp³-hybridized carbons (Fsp3) is 0.273. The van der Waals surface area contributed by atoms with Crippen LogP contribution in [0, 0.1) is 0 Å². The number of nitrogens with zero attached hydrogens (tertiary/aromatic N) is 2. The number of benzene rings is 2. The van der Waals surface area contributed by atoms with Crippen molar-refractivity contribution in [1.82, 2.24) is 9.80 Å². The Kier molecular flexibility index (Phi) is 4.98. The summed E-state index contributed by atoms with van der Waals surface area (Å²) in [7, 11) is 3.81. The van der Waals surface area contributed by atoms with Gasteiger partial charge < -0.3 is 24.4 Å². The van der Waals surface area contributed by atoms with Crippen LogP contribution < -0.4 is 9.47 Å². The minimum atomic E-state index is -0.687. The molecule has 7 nitrogen and oxygen atoms in total. The second-order valence-corrected chi connectivity index (χ2v) is 7.27. The maximum Gasteiger partial charge on any atom is 0.295 e. The number of ketones is 1. The molecule has 2 aromatic carbocycles. The number of hydrogen-bond donors (Lipinski definition) is 1. The summed E-state index contributed by atoms with van der Waals surface area (Å²) in [4.78, 5) is 29.2. The number of carbonyl (C=O) groups is 2. The molecule has 1 amide bonds. The molecule has 2 aliphatic rings. The maximum absolute atomic E-state index is 12.9. The van der Waals surface area contributed by atoms with Crippen molar-refractivity contribution in [3.63, 3.8) is 0 Å². The molecule has 1 fully saturated rings. The van der Waals surface area contributed by atoms with E-state index in [4.69, 9.17) is 9.47 Å². The molecule has 0 aromatic heterocycles. The van der Waals surface area contributed by atoms with Crippen LogP contribution in [0.4, 0.5) is 0 Å². The molecule has 0 spiro atoms. The van der Waals surface area contributed by atoms with Crippen LogP contribution in [0.15, 0.2) is 54.1 Å². The number of Topliss-reactive ketones (excluding diaryl/α,β-unsaturated/α-hetero) is 1. The molecule has 7 heteroatoms. The smallest absolute Gasteiger partial charge is 0.295 e. The Balaban J connectivity index is 1.81. The average Bonchev–Trinajstić information content (AvgIpc) is 3.29. The normalized spacial score (nSPS) is 20.0. The fourth-order valence-electron chi connectivity index (χ4n) is 3.60. The SMILES string of the molecule is CN(C)CCN1C(=O)C(=O)/C(=C(\O)c2ccc3c(c2)OCO3)C1c1ccccc1. The van der Waals surface area contributed by atoms with Crippen LogP contribution in [-0.4, -0.2) is 60.6 Å². The van der Waals surface area contributed by atoms with Gasteiger partial charge in [0, 0.05) is 18.7 Å². The lowest BCUT2D eigenvalue weighted by molar-refractivity contribution is -0.140. The minimum Gasteiger partial charge on any atom is -0.507 e. The zero-order chi connectivity index (χ0) is 20.5. The summed E-state index contributed by atoms with van der Waals surface area (Å²) in [6.07, 6.45) is 0. The van der Waals surface area contributed by atoms with Gasteiger partial charge in [-0.1, -0.05) is 30.3 Å². The zero-order valence-corrected chi connectivity index (χ0v) is 16.3. The van der Waals surface area contributed by atoms with Crippen molar-refractivity contribution in [2.45, 2.75) is 6.04 Å². The van der Waals surface area contributed by atoms with Gasteiger partial charge in [-0.15, -0.1) is 0 Å². The van der Waals surface area contributed by atoms with Crippen molar-refractivity contribution in [2.24, 2.45) is 0 Å². The number of aliphatic hydroxyl groups excluding tert-OH is 1. The van der Waals surface area contributed by atoms with Gasteiger partial charge in [0.15, 0.2) is 11.5 Å². The van der Waals surface area contributed by atoms with Crippen LogP contribution in [0.3, 0.4) is 0 Å². The van der Waals surface area contributed by atoms with Crippen LogP contribution >= 0.6 is 0 Å². The molecule has 2 aromatic rings. The number of ether oxygens (including phenoxy) is 2. The van der Waals surface area contributed by atoms with Crippen molar-refractivity contribution < 1.29 is 24.2 Å². The Labute approximate surface area is 168 Å². The van der Waals surface area contributed by atoms with Crippen LogP contribution in [0.1, 0.15) is 17.2 Å². The van der Waals surface area contributed by atoms with Gasteiger partial charge in [-0.3, -0.25) is 9.59 Å². The van der Waals surface area contributed by atoms with Gasteiger partial charge in [-0.25, -0.2) is 0 Å². The molecule has 0 radical (unpaired) electrons. The number of hydrogen-bond acceptors (Lipinski definition) is 6. The van der Waals surface area contributed by atoms with E-state index in [0.29, 0.717) is 30.2 Å². The number of likely N-dealkylation sites (N-methyl/N-ethyl adjacent to an activating group) is 1. The number of carbonyl (C=O) groups excluding carboxylic acids is 2. The molecular weight excluding hydrogens is 372 g/mol. The number of amides is 1. The molecule has 0 bridgehead atoms. The van der Waals surface area contributed by atoms with E-state index in [1.165, 1.54) is 4.90 Å². The average molecular weight is 394 g/mol. The summed E-state index contributed by atoms with van der Waals surface area (Å²) in [5.74, 6) is -0.446. The highest BCUT2D eigenvalue weighted by molar-refractivity contribution is 6.46. The summed E-state index contributed by atoms with van der Waals surface area (Å²) in [6.45, 7) is 1.08. The summed E-state index contributed by atoms with van der Waals surface area (Å²) < 4.78 is 10.7. The van der Waals surface area contributed by atoms with E-state index in [1.807, 2.05) is 49.3 Å². The topological polar surface area (TPSA) is 79.3 Å². The predicted octanol–water partition coefficient (Wildman–Crippen LogP) is 2.40. The molecule has 0 aliphatic carbocycles. The molecule has 1 atom stereocenters. The van der Waals surface area contributed by atoms with Gasteiger partial charge >= 0.3 is 0 Å². The standard InChI is InChI=1S/C22H22N2O5/c1-23(2)10-11-24-19(14-6-4-3-5-7-14)18(21(26)22(24)27)20(25)15-8-9-16-17(12-15)29-13-28-16/h3-9,12,19,25H,10-11,13H2,1-2H3/b20-18-. The lowest BCUT2D eigenvalue weighted by atomic mass is 9.95. The van der Waals surface area contributed by atoms with Gasteiger partial charge in [-0.05, 0) is 37.9 Å². The molecule has 0 saturated carbocycles. The third-order valence-electron chi connectivity index (χ3n) is 5.09. The Hall–Kier alpha value is -3.32. The van der Waals surface area contributed by atoms with E-state index in [9.17, 15) is 14.7 Å². The molecule has 4 rings (SSSR count). The minimum absolute atomic E-state index is 0.0822. The second kappa shape index (κ2) is 7.60. The van der Waals surface area contributed by atoms with Gasteiger partial charge in [-0.2, -0.15) is 0 Å². The largest absolute Gasteiger partial charge is 0.507 e. The molecule has 1 saturated heterocycles. The van der Waals surface area contributed by atoms with Crippen LogP contribution in [-0.2, 0) is 9.59 Å². The molecule has 150 valence electrons. The summed E-state index contributed by atoms with van der Waals surface area (Å²) in [5, 5.41) is 11.0. The van der Waals surface area contributed by atoms with Gasteiger partial charge in [0.25, 0.3) is 11.7 Å². The highest BCUT2D eigenvalue weighted by atomic mass is 16.7. The third-order valence-corrected chi connectivity index (χ3v) is 5.09. The molecule has 2 aliphatic heterocycles. The molecule has 29 heavy (non-hydrogen) atoms. The number of likely N-dealkylation sites (tertiary alicyclic amines) is 1. The number of fused-ring (bicyclic) bond motifs is 1. The first-order valence-corrected chi connectivity index (χ1v) is 9.35. The van der Waals surface area contributed by atoms with E-state index in [0.717, 1.165) is 5.56 Å². The molecule has 1 unspecified atom stereocenters. The predicted molar refractivity (Wildman–Crippen MR) is 107 cm³/mol. The molecule has 2 heterocycles. The van der Waals surface area contributed by atoms with Crippen molar-refractivity contribution >= 4 is 17.4 Å². The molecular formula is C22H22N2O5. The Morgan fingerprint density at radius 3 is 2.55 bits per heavy atom. The monoisotopic (exact) mass is 394 g/mol. The Morgan fingerprint density at radius 1 is 1.10 bits per heavy atom. The van der Waals surface area contributed by atoms with Crippen LogP contribution in [0.25, 0.3) is 5.76 Å². The van der Waals surface area contributed by atoms with Crippen LogP contribution in [0.2, 0.25) is 0 Å². The Morgan fingerprint density at radius 2 is 1.83 bits per heavy atom. The van der Waals surface area contributed by atoms with Gasteiger partial charge in [0.1, 0.15) is 5.76 Å². The summed E-state index contributed by atoms with van der Waals surface area (Å²) >= 11 is 0. The van der Waals surface area contributed by atoms with Crippen LogP contribution in [0.5, 0.6) is 11.5 Å². The van der Waals surface area contributed by atoms with E-state index < -0.39 is 17.7 Å². The summed E-state index contributed by atoms with van der Waals surface area (Å²) in [6, 6.07) is 13.6. The van der Waals surface area contributed by atoms with Crippen molar-refractivity contribution in [3.05, 3.63) is 65.2 Å². The lowest BCUT2D eigenvalue weighted by Gasteiger charge is -2.26. The highest BCUT2D eigenvalue weighted by Crippen LogP contribution is 2.41. The van der Waals surface area contributed by atoms with E-state index in [1.54, 1.807) is 18.2 Å². The summed E-state index contributed by atoms with van der Waals surface area (Å²) in [5.41, 5.74) is 1.26. The lowest BCUT2D eigenvalue weighted by Crippen LogP contribution is -2.35. The Bertz CT molecular complexity index is 984. The highest BCUT2D eigenvalue weighted by Gasteiger charge is 2.45.